The highest BCUT2D eigenvalue weighted by atomic mass is 16.1. The summed E-state index contributed by atoms with van der Waals surface area (Å²) < 4.78 is 0. The topological polar surface area (TPSA) is 44.2 Å². The van der Waals surface area contributed by atoms with Crippen LogP contribution in [0.15, 0.2) is 35.5 Å². The summed E-state index contributed by atoms with van der Waals surface area (Å²) in [4.78, 5) is 14.3. The normalized spacial score (nSPS) is 18.4. The minimum atomic E-state index is 0.106. The molecule has 0 radical (unpaired) electrons. The molecule has 1 aliphatic heterocycles. The molecule has 2 aliphatic rings. The van der Waals surface area contributed by atoms with Gasteiger partial charge in [-0.15, -0.1) is 0 Å². The molecule has 0 fully saturated rings. The fourth-order valence-corrected chi connectivity index (χ4v) is 3.09. The highest BCUT2D eigenvalue weighted by molar-refractivity contribution is 6.01. The van der Waals surface area contributed by atoms with E-state index in [1.54, 1.807) is 0 Å². The molecule has 1 aromatic rings. The van der Waals surface area contributed by atoms with Gasteiger partial charge in [0.1, 0.15) is 5.84 Å². The Morgan fingerprint density at radius 3 is 2.65 bits per heavy atom. The Bertz CT molecular complexity index is 584. The third kappa shape index (κ3) is 2.40. The van der Waals surface area contributed by atoms with Crippen LogP contribution in [0.5, 0.6) is 0 Å². The Balaban J connectivity index is 1.77. The first-order chi connectivity index (χ1) is 9.65. The van der Waals surface area contributed by atoms with Crippen LogP contribution in [-0.2, 0) is 0 Å². The first kappa shape index (κ1) is 13.1. The number of hydrogen-bond acceptors (Lipinski definition) is 2. The maximum absolute atomic E-state index is 12.4. The van der Waals surface area contributed by atoms with Gasteiger partial charge in [0.2, 0.25) is 0 Å². The van der Waals surface area contributed by atoms with Crippen LogP contribution in [0.3, 0.4) is 0 Å². The molecular formula is C17H20N2O. The van der Waals surface area contributed by atoms with E-state index in [-0.39, 0.29) is 5.78 Å². The predicted octanol–water partition coefficient (Wildman–Crippen LogP) is 3.69. The van der Waals surface area contributed by atoms with Gasteiger partial charge >= 0.3 is 0 Å². The number of benzene rings is 1. The second-order valence-electron chi connectivity index (χ2n) is 5.76. The predicted molar refractivity (Wildman–Crippen MR) is 80.1 cm³/mol. The van der Waals surface area contributed by atoms with Crippen molar-refractivity contribution in [2.75, 3.05) is 6.54 Å². The molecule has 0 atom stereocenters. The van der Waals surface area contributed by atoms with Gasteiger partial charge in [-0.2, -0.15) is 0 Å². The summed E-state index contributed by atoms with van der Waals surface area (Å²) >= 11 is 0. The number of Topliss-reactive ketones (excluding diaryl/α,β-unsaturated/α-hetero) is 1. The van der Waals surface area contributed by atoms with Crippen molar-refractivity contribution in [2.45, 2.75) is 39.0 Å². The largest absolute Gasteiger partial charge is 0.326 e. The van der Waals surface area contributed by atoms with E-state index in [0.717, 1.165) is 30.4 Å². The molecule has 3 nitrogen and oxygen atoms in total. The minimum absolute atomic E-state index is 0.106. The van der Waals surface area contributed by atoms with Gasteiger partial charge in [0, 0.05) is 17.7 Å². The number of carbonyl (C=O) groups excluding carboxylic acids is 1. The molecule has 0 saturated heterocycles. The van der Waals surface area contributed by atoms with Gasteiger partial charge in [0.05, 0.1) is 6.54 Å². The van der Waals surface area contributed by atoms with Gasteiger partial charge in [0.25, 0.3) is 0 Å². The van der Waals surface area contributed by atoms with Crippen molar-refractivity contribution in [3.63, 3.8) is 0 Å². The number of nitrogens with zero attached hydrogens (tertiary/aromatic N) is 1. The van der Waals surface area contributed by atoms with Crippen LogP contribution in [0, 0.1) is 12.3 Å². The monoisotopic (exact) mass is 268 g/mol. The van der Waals surface area contributed by atoms with Gasteiger partial charge in [-0.25, -0.2) is 0 Å². The number of carbonyl (C=O) groups is 1. The molecule has 0 bridgehead atoms. The Labute approximate surface area is 119 Å². The van der Waals surface area contributed by atoms with Crippen LogP contribution in [-0.4, -0.2) is 23.1 Å². The number of ketones is 1. The van der Waals surface area contributed by atoms with Crippen molar-refractivity contribution in [1.82, 2.24) is 4.90 Å². The van der Waals surface area contributed by atoms with Gasteiger partial charge in [-0.05, 0) is 38.2 Å². The van der Waals surface area contributed by atoms with Gasteiger partial charge in [-0.3, -0.25) is 10.2 Å². The Kier molecular flexibility index (Phi) is 3.43. The average Bonchev–Trinajstić information content (AvgIpc) is 2.76. The molecule has 1 aliphatic carbocycles. The van der Waals surface area contributed by atoms with Gasteiger partial charge < -0.3 is 4.90 Å². The molecule has 1 N–H and O–H groups in total. The molecule has 1 aromatic carbocycles. The molecule has 0 spiro atoms. The van der Waals surface area contributed by atoms with E-state index in [1.807, 2.05) is 36.1 Å². The summed E-state index contributed by atoms with van der Waals surface area (Å²) in [7, 11) is 0. The van der Waals surface area contributed by atoms with Gasteiger partial charge in [0.15, 0.2) is 5.78 Å². The smallest absolute Gasteiger partial charge is 0.182 e. The average molecular weight is 268 g/mol. The van der Waals surface area contributed by atoms with Crippen molar-refractivity contribution in [3.05, 3.63) is 46.7 Å². The second-order valence-corrected chi connectivity index (χ2v) is 5.76. The van der Waals surface area contributed by atoms with E-state index in [2.05, 4.69) is 0 Å². The highest BCUT2D eigenvalue weighted by Gasteiger charge is 2.30. The highest BCUT2D eigenvalue weighted by Crippen LogP contribution is 2.35. The van der Waals surface area contributed by atoms with Gasteiger partial charge in [-0.1, -0.05) is 29.8 Å². The Morgan fingerprint density at radius 2 is 1.90 bits per heavy atom. The number of aryl methyl sites for hydroxylation is 1. The minimum Gasteiger partial charge on any atom is -0.326 e. The molecule has 3 rings (SSSR count). The number of nitrogens with one attached hydrogen (secondary N) is 1. The molecule has 0 unspecified atom stereocenters. The van der Waals surface area contributed by atoms with Crippen LogP contribution < -0.4 is 0 Å². The quantitative estimate of drug-likeness (QED) is 0.850. The lowest BCUT2D eigenvalue weighted by Gasteiger charge is -2.24. The van der Waals surface area contributed by atoms with E-state index < -0.39 is 0 Å². The van der Waals surface area contributed by atoms with Crippen molar-refractivity contribution < 1.29 is 4.79 Å². The second kappa shape index (κ2) is 5.23. The van der Waals surface area contributed by atoms with Crippen LogP contribution in [0.25, 0.3) is 0 Å². The van der Waals surface area contributed by atoms with E-state index in [4.69, 9.17) is 5.41 Å². The number of hydrogen-bond donors (Lipinski definition) is 1. The van der Waals surface area contributed by atoms with Crippen LogP contribution in [0.2, 0.25) is 0 Å². The molecule has 0 amide bonds. The molecular weight excluding hydrogens is 248 g/mol. The molecule has 3 heteroatoms. The third-order valence-electron chi connectivity index (χ3n) is 4.26. The summed E-state index contributed by atoms with van der Waals surface area (Å²) in [5, 5.41) is 8.12. The summed E-state index contributed by atoms with van der Waals surface area (Å²) in [6.07, 6.45) is 5.29. The summed E-state index contributed by atoms with van der Waals surface area (Å²) in [6.45, 7) is 2.34. The maximum Gasteiger partial charge on any atom is 0.182 e. The zero-order valence-corrected chi connectivity index (χ0v) is 11.9. The van der Waals surface area contributed by atoms with Crippen molar-refractivity contribution in [3.8, 4) is 0 Å². The van der Waals surface area contributed by atoms with Crippen LogP contribution in [0.1, 0.15) is 48.0 Å². The zero-order valence-electron chi connectivity index (χ0n) is 11.9. The lowest BCUT2D eigenvalue weighted by molar-refractivity contribution is 0.0971. The SMILES string of the molecule is Cc1ccc(C(=O)CN2C(=N)CC3=C2CCCC3)cc1. The summed E-state index contributed by atoms with van der Waals surface area (Å²) in [5.41, 5.74) is 4.54. The molecule has 1 heterocycles. The van der Waals surface area contributed by atoms with E-state index in [9.17, 15) is 4.79 Å². The van der Waals surface area contributed by atoms with Crippen molar-refractivity contribution in [1.29, 1.82) is 5.41 Å². The number of rotatable bonds is 3. The molecule has 20 heavy (non-hydrogen) atoms. The summed E-state index contributed by atoms with van der Waals surface area (Å²) in [5.74, 6) is 0.700. The molecule has 0 saturated carbocycles. The van der Waals surface area contributed by atoms with Crippen LogP contribution >= 0.6 is 0 Å². The fraction of sp³-hybridized carbons (Fsp3) is 0.412. The fourth-order valence-electron chi connectivity index (χ4n) is 3.09. The lowest BCUT2D eigenvalue weighted by Crippen LogP contribution is -2.31. The first-order valence-corrected chi connectivity index (χ1v) is 7.31. The molecule has 0 aromatic heterocycles. The zero-order chi connectivity index (χ0) is 14.1. The van der Waals surface area contributed by atoms with E-state index in [1.165, 1.54) is 24.1 Å². The first-order valence-electron chi connectivity index (χ1n) is 7.31. The number of amidine groups is 1. The Morgan fingerprint density at radius 1 is 1.20 bits per heavy atom. The molecule has 104 valence electrons. The van der Waals surface area contributed by atoms with Crippen LogP contribution in [0.4, 0.5) is 0 Å². The third-order valence-corrected chi connectivity index (χ3v) is 4.26. The summed E-state index contributed by atoms with van der Waals surface area (Å²) in [6, 6.07) is 7.70. The number of allylic oxidation sites excluding steroid dienone is 1. The maximum atomic E-state index is 12.4. The van der Waals surface area contributed by atoms with E-state index >= 15 is 0 Å². The van der Waals surface area contributed by atoms with Crippen molar-refractivity contribution in [2.24, 2.45) is 0 Å². The van der Waals surface area contributed by atoms with Crippen molar-refractivity contribution >= 4 is 11.6 Å². The Hall–Kier alpha value is -1.90. The lowest BCUT2D eigenvalue weighted by atomic mass is 9.96. The standard InChI is InChI=1S/C17H20N2O/c1-12-6-8-13(9-7-12)16(20)11-19-15-5-3-2-4-14(15)10-17(19)18/h6-9,18H,2-5,10-11H2,1H3. The van der Waals surface area contributed by atoms with E-state index in [0.29, 0.717) is 12.4 Å².